The zero-order chi connectivity index (χ0) is 14.9. The second-order valence-corrected chi connectivity index (χ2v) is 4.75. The predicted octanol–water partition coefficient (Wildman–Crippen LogP) is 3.42. The van der Waals surface area contributed by atoms with Crippen LogP contribution in [0.5, 0.6) is 0 Å². The number of aromatic nitrogens is 2. The molecule has 0 aliphatic heterocycles. The largest absolute Gasteiger partial charge is 0.361 e. The van der Waals surface area contributed by atoms with Crippen LogP contribution in [0.25, 0.3) is 0 Å². The van der Waals surface area contributed by atoms with Crippen LogP contribution < -0.4 is 5.32 Å². The van der Waals surface area contributed by atoms with Gasteiger partial charge in [0.15, 0.2) is 0 Å². The highest BCUT2D eigenvalue weighted by Crippen LogP contribution is 2.29. The normalized spacial score (nSPS) is 12.2. The van der Waals surface area contributed by atoms with Gasteiger partial charge >= 0.3 is 5.69 Å². The molecule has 2 aromatic rings. The lowest BCUT2D eigenvalue weighted by Gasteiger charge is -2.14. The van der Waals surface area contributed by atoms with E-state index in [0.29, 0.717) is 5.76 Å². The molecule has 0 bridgehead atoms. The summed E-state index contributed by atoms with van der Waals surface area (Å²) in [6, 6.07) is 2.45. The molecule has 0 aliphatic rings. The van der Waals surface area contributed by atoms with Crippen molar-refractivity contribution in [2.45, 2.75) is 26.8 Å². The maximum Gasteiger partial charge on any atom is 0.311 e. The van der Waals surface area contributed by atoms with Crippen molar-refractivity contribution in [3.63, 3.8) is 0 Å². The van der Waals surface area contributed by atoms with E-state index < -0.39 is 4.92 Å². The summed E-state index contributed by atoms with van der Waals surface area (Å²) in [6.45, 7) is 5.44. The Morgan fingerprint density at radius 1 is 1.45 bits per heavy atom. The lowest BCUT2D eigenvalue weighted by molar-refractivity contribution is -0.384. The monoisotopic (exact) mass is 296 g/mol. The molecule has 0 aromatic carbocycles. The molecule has 106 valence electrons. The fourth-order valence-corrected chi connectivity index (χ4v) is 2.21. The number of anilines is 1. The molecule has 1 atom stereocenters. The highest BCUT2D eigenvalue weighted by atomic mass is 35.5. The molecule has 7 nitrogen and oxygen atoms in total. The van der Waals surface area contributed by atoms with Crippen LogP contribution in [0.4, 0.5) is 11.5 Å². The Labute approximate surface area is 120 Å². The number of nitrogens with zero attached hydrogens (tertiary/aromatic N) is 3. The number of nitrogens with one attached hydrogen (secondary N) is 1. The lowest BCUT2D eigenvalue weighted by atomic mass is 10.1. The topological polar surface area (TPSA) is 94.1 Å². The maximum absolute atomic E-state index is 11.0. The van der Waals surface area contributed by atoms with E-state index >= 15 is 0 Å². The van der Waals surface area contributed by atoms with Crippen LogP contribution in [0, 0.1) is 24.0 Å². The van der Waals surface area contributed by atoms with E-state index in [0.717, 1.165) is 11.3 Å². The molecule has 0 aliphatic carbocycles. The van der Waals surface area contributed by atoms with Gasteiger partial charge in [-0.2, -0.15) is 0 Å². The van der Waals surface area contributed by atoms with E-state index in [9.17, 15) is 10.1 Å². The molecule has 0 saturated heterocycles. The zero-order valence-corrected chi connectivity index (χ0v) is 11.9. The van der Waals surface area contributed by atoms with E-state index in [1.165, 1.54) is 12.1 Å². The van der Waals surface area contributed by atoms with Crippen LogP contribution in [0.1, 0.15) is 30.0 Å². The first-order valence-electron chi connectivity index (χ1n) is 5.90. The Bertz CT molecular complexity index is 637. The summed E-state index contributed by atoms with van der Waals surface area (Å²) < 4.78 is 5.09. The van der Waals surface area contributed by atoms with Crippen molar-refractivity contribution in [3.05, 3.63) is 44.4 Å². The summed E-state index contributed by atoms with van der Waals surface area (Å²) >= 11 is 5.79. The van der Waals surface area contributed by atoms with E-state index in [2.05, 4.69) is 15.5 Å². The van der Waals surface area contributed by atoms with Crippen molar-refractivity contribution in [1.29, 1.82) is 0 Å². The van der Waals surface area contributed by atoms with E-state index in [4.69, 9.17) is 16.1 Å². The second-order valence-electron chi connectivity index (χ2n) is 4.36. The number of halogens is 1. The van der Waals surface area contributed by atoms with Crippen molar-refractivity contribution >= 4 is 23.1 Å². The third-order valence-corrected chi connectivity index (χ3v) is 3.12. The number of hydrogen-bond acceptors (Lipinski definition) is 6. The summed E-state index contributed by atoms with van der Waals surface area (Å²) in [6.07, 6.45) is 0. The van der Waals surface area contributed by atoms with Crippen molar-refractivity contribution in [3.8, 4) is 0 Å². The lowest BCUT2D eigenvalue weighted by Crippen LogP contribution is -2.11. The molecule has 0 spiro atoms. The molecule has 1 unspecified atom stereocenters. The Balaban J connectivity index is 2.35. The fourth-order valence-electron chi connectivity index (χ4n) is 2.07. The van der Waals surface area contributed by atoms with Crippen LogP contribution in [-0.2, 0) is 0 Å². The first-order chi connectivity index (χ1) is 9.40. The Morgan fingerprint density at radius 3 is 2.70 bits per heavy atom. The Hall–Kier alpha value is -2.15. The molecule has 8 heteroatoms. The van der Waals surface area contributed by atoms with Crippen molar-refractivity contribution in [2.24, 2.45) is 0 Å². The van der Waals surface area contributed by atoms with Crippen LogP contribution in [0.2, 0.25) is 5.15 Å². The first-order valence-corrected chi connectivity index (χ1v) is 6.28. The van der Waals surface area contributed by atoms with Crippen LogP contribution >= 0.6 is 11.6 Å². The quantitative estimate of drug-likeness (QED) is 0.528. The van der Waals surface area contributed by atoms with Crippen LogP contribution in [0.15, 0.2) is 16.7 Å². The molecule has 0 fully saturated rings. The van der Waals surface area contributed by atoms with Gasteiger partial charge in [-0.1, -0.05) is 16.8 Å². The first kappa shape index (κ1) is 14.3. The van der Waals surface area contributed by atoms with E-state index in [1.807, 2.05) is 13.8 Å². The summed E-state index contributed by atoms with van der Waals surface area (Å²) in [5.41, 5.74) is 1.45. The highest BCUT2D eigenvalue weighted by molar-refractivity contribution is 6.29. The maximum atomic E-state index is 11.0. The molecule has 2 aromatic heterocycles. The van der Waals surface area contributed by atoms with Crippen molar-refractivity contribution in [1.82, 2.24) is 10.1 Å². The minimum absolute atomic E-state index is 0.120. The van der Waals surface area contributed by atoms with Gasteiger partial charge in [0.05, 0.1) is 16.7 Å². The minimum Gasteiger partial charge on any atom is -0.361 e. The van der Waals surface area contributed by atoms with Gasteiger partial charge in [0.2, 0.25) is 5.82 Å². The predicted molar refractivity (Wildman–Crippen MR) is 73.9 cm³/mol. The Morgan fingerprint density at radius 2 is 2.15 bits per heavy atom. The van der Waals surface area contributed by atoms with Gasteiger partial charge in [0, 0.05) is 11.6 Å². The molecule has 0 radical (unpaired) electrons. The van der Waals surface area contributed by atoms with Gasteiger partial charge in [-0.05, 0) is 26.8 Å². The van der Waals surface area contributed by atoms with Gasteiger partial charge in [-0.25, -0.2) is 4.98 Å². The molecule has 0 amide bonds. The number of aryl methyl sites for hydroxylation is 2. The summed E-state index contributed by atoms with van der Waals surface area (Å²) in [4.78, 5) is 14.4. The van der Waals surface area contributed by atoms with Crippen molar-refractivity contribution in [2.75, 3.05) is 5.32 Å². The second kappa shape index (κ2) is 5.46. The zero-order valence-electron chi connectivity index (χ0n) is 11.2. The molecule has 2 heterocycles. The minimum atomic E-state index is -0.508. The SMILES string of the molecule is Cc1noc(C)c1C(C)Nc1nc(Cl)ccc1[N+](=O)[O-]. The summed E-state index contributed by atoms with van der Waals surface area (Å²) in [5, 5.41) is 18.0. The van der Waals surface area contributed by atoms with Crippen molar-refractivity contribution < 1.29 is 9.45 Å². The highest BCUT2D eigenvalue weighted by Gasteiger charge is 2.21. The third-order valence-electron chi connectivity index (χ3n) is 2.91. The summed E-state index contributed by atoms with van der Waals surface area (Å²) in [7, 11) is 0. The molecule has 0 saturated carbocycles. The molecular weight excluding hydrogens is 284 g/mol. The van der Waals surface area contributed by atoms with Crippen LogP contribution in [-0.4, -0.2) is 15.1 Å². The fraction of sp³-hybridized carbons (Fsp3) is 0.333. The molecule has 2 rings (SSSR count). The number of nitro groups is 1. The molecular formula is C12H13ClN4O3. The molecule has 20 heavy (non-hydrogen) atoms. The van der Waals surface area contributed by atoms with E-state index in [1.54, 1.807) is 6.92 Å². The summed E-state index contributed by atoms with van der Waals surface area (Å²) in [5.74, 6) is 0.780. The molecule has 1 N–H and O–H groups in total. The van der Waals surface area contributed by atoms with Gasteiger partial charge in [-0.15, -0.1) is 0 Å². The average Bonchev–Trinajstić information content (AvgIpc) is 2.68. The Kier molecular flexibility index (Phi) is 3.89. The smallest absolute Gasteiger partial charge is 0.311 e. The average molecular weight is 297 g/mol. The number of rotatable bonds is 4. The third kappa shape index (κ3) is 2.72. The van der Waals surface area contributed by atoms with Crippen LogP contribution in [0.3, 0.4) is 0 Å². The number of pyridine rings is 1. The van der Waals surface area contributed by atoms with Gasteiger partial charge in [-0.3, -0.25) is 10.1 Å². The van der Waals surface area contributed by atoms with E-state index in [-0.39, 0.29) is 22.7 Å². The standard InChI is InChI=1S/C12H13ClN4O3/c1-6(11-7(2)16-20-8(11)3)14-12-9(17(18)19)4-5-10(13)15-12/h4-6H,1-3H3,(H,14,15). The van der Waals surface area contributed by atoms with Gasteiger partial charge in [0.25, 0.3) is 0 Å². The van der Waals surface area contributed by atoms with Gasteiger partial charge in [0.1, 0.15) is 10.9 Å². The van der Waals surface area contributed by atoms with Gasteiger partial charge < -0.3 is 9.84 Å². The number of hydrogen-bond donors (Lipinski definition) is 1.